The first-order chi connectivity index (χ1) is 10.0. The van der Waals surface area contributed by atoms with Crippen LogP contribution in [0.3, 0.4) is 0 Å². The molecule has 0 heterocycles. The Kier molecular flexibility index (Phi) is 7.08. The molecule has 2 amide bonds. The van der Waals surface area contributed by atoms with E-state index in [1.54, 1.807) is 19.1 Å². The monoisotopic (exact) mass is 294 g/mol. The van der Waals surface area contributed by atoms with Crippen molar-refractivity contribution in [1.82, 2.24) is 5.32 Å². The highest BCUT2D eigenvalue weighted by Gasteiger charge is 2.10. The molecule has 0 bridgehead atoms. The van der Waals surface area contributed by atoms with Crippen LogP contribution in [0.15, 0.2) is 24.3 Å². The summed E-state index contributed by atoms with van der Waals surface area (Å²) < 4.78 is 5.41. The molecule has 6 heteroatoms. The van der Waals surface area contributed by atoms with Gasteiger partial charge in [-0.2, -0.15) is 0 Å². The number of nitrogens with one attached hydrogen (secondary N) is 2. The van der Waals surface area contributed by atoms with Crippen molar-refractivity contribution >= 4 is 17.7 Å². The highest BCUT2D eigenvalue weighted by molar-refractivity contribution is 5.90. The lowest BCUT2D eigenvalue weighted by Gasteiger charge is -2.12. The Morgan fingerprint density at radius 3 is 2.71 bits per heavy atom. The van der Waals surface area contributed by atoms with Gasteiger partial charge in [-0.05, 0) is 31.9 Å². The van der Waals surface area contributed by atoms with E-state index in [0.717, 1.165) is 0 Å². The van der Waals surface area contributed by atoms with Gasteiger partial charge in [0.1, 0.15) is 5.75 Å². The van der Waals surface area contributed by atoms with Gasteiger partial charge >= 0.3 is 12.0 Å². The number of urea groups is 1. The van der Waals surface area contributed by atoms with E-state index in [1.807, 2.05) is 19.1 Å². The second-order valence-corrected chi connectivity index (χ2v) is 4.69. The average Bonchev–Trinajstić information content (AvgIpc) is 2.45. The van der Waals surface area contributed by atoms with E-state index in [-0.39, 0.29) is 6.03 Å². The number of benzene rings is 1. The Morgan fingerprint density at radius 1 is 1.33 bits per heavy atom. The Labute approximate surface area is 124 Å². The van der Waals surface area contributed by atoms with Gasteiger partial charge in [-0.1, -0.05) is 19.1 Å². The van der Waals surface area contributed by atoms with Crippen molar-refractivity contribution in [2.75, 3.05) is 18.5 Å². The van der Waals surface area contributed by atoms with Crippen LogP contribution < -0.4 is 15.4 Å². The van der Waals surface area contributed by atoms with Gasteiger partial charge in [0.2, 0.25) is 0 Å². The van der Waals surface area contributed by atoms with Crippen LogP contribution in [0.5, 0.6) is 5.75 Å². The summed E-state index contributed by atoms with van der Waals surface area (Å²) in [5, 5.41) is 14.2. The molecule has 116 valence electrons. The number of hydrogen-bond acceptors (Lipinski definition) is 3. The molecule has 0 aliphatic carbocycles. The number of carbonyl (C=O) groups is 2. The van der Waals surface area contributed by atoms with E-state index in [9.17, 15) is 9.59 Å². The number of carboxylic acid groups (broad SMARTS) is 1. The van der Waals surface area contributed by atoms with Crippen LogP contribution in [0.2, 0.25) is 0 Å². The lowest BCUT2D eigenvalue weighted by Crippen LogP contribution is -2.30. The van der Waals surface area contributed by atoms with Crippen LogP contribution in [0.25, 0.3) is 0 Å². The number of rotatable bonds is 8. The van der Waals surface area contributed by atoms with Crippen LogP contribution in [0.4, 0.5) is 10.5 Å². The second-order valence-electron chi connectivity index (χ2n) is 4.69. The molecule has 0 radical (unpaired) electrons. The standard InChI is InChI=1S/C15H22N2O4/c1-3-21-13-9-5-4-8-12(13)17-15(20)16-10-6-7-11(2)14(18)19/h4-5,8-9,11H,3,6-7,10H2,1-2H3,(H,18,19)(H2,16,17,20). The number of amides is 2. The molecule has 0 saturated heterocycles. The molecule has 0 aliphatic heterocycles. The summed E-state index contributed by atoms with van der Waals surface area (Å²) in [6, 6.07) is 6.86. The Balaban J connectivity index is 2.35. The van der Waals surface area contributed by atoms with E-state index in [1.165, 1.54) is 0 Å². The molecule has 6 nitrogen and oxygen atoms in total. The maximum Gasteiger partial charge on any atom is 0.319 e. The lowest BCUT2D eigenvalue weighted by molar-refractivity contribution is -0.141. The zero-order chi connectivity index (χ0) is 15.7. The molecule has 0 fully saturated rings. The average molecular weight is 294 g/mol. The second kappa shape index (κ2) is 8.84. The fraction of sp³-hybridized carbons (Fsp3) is 0.467. The smallest absolute Gasteiger partial charge is 0.319 e. The number of hydrogen-bond donors (Lipinski definition) is 3. The predicted octanol–water partition coefficient (Wildman–Crippen LogP) is 2.71. The van der Waals surface area contributed by atoms with Crippen molar-refractivity contribution in [3.8, 4) is 5.75 Å². The largest absolute Gasteiger partial charge is 0.492 e. The van der Waals surface area contributed by atoms with Gasteiger partial charge in [-0.25, -0.2) is 4.79 Å². The maximum absolute atomic E-state index is 11.8. The fourth-order valence-corrected chi connectivity index (χ4v) is 1.75. The number of carbonyl (C=O) groups excluding carboxylic acids is 1. The van der Waals surface area contributed by atoms with E-state index in [0.29, 0.717) is 37.4 Å². The molecule has 1 aromatic carbocycles. The summed E-state index contributed by atoms with van der Waals surface area (Å²) in [4.78, 5) is 22.4. The van der Waals surface area contributed by atoms with Crippen molar-refractivity contribution < 1.29 is 19.4 Å². The topological polar surface area (TPSA) is 87.7 Å². The SMILES string of the molecule is CCOc1ccccc1NC(=O)NCCCC(C)C(=O)O. The Morgan fingerprint density at radius 2 is 2.05 bits per heavy atom. The van der Waals surface area contributed by atoms with Gasteiger partial charge in [0.25, 0.3) is 0 Å². The van der Waals surface area contributed by atoms with Gasteiger partial charge in [0, 0.05) is 6.54 Å². The summed E-state index contributed by atoms with van der Waals surface area (Å²) in [6.07, 6.45) is 1.15. The van der Waals surface area contributed by atoms with Gasteiger partial charge in [0.15, 0.2) is 0 Å². The lowest BCUT2D eigenvalue weighted by atomic mass is 10.1. The number of aliphatic carboxylic acids is 1. The summed E-state index contributed by atoms with van der Waals surface area (Å²) in [6.45, 7) is 4.48. The van der Waals surface area contributed by atoms with Gasteiger partial charge in [-0.3, -0.25) is 4.79 Å². The first-order valence-electron chi connectivity index (χ1n) is 7.04. The third-order valence-electron chi connectivity index (χ3n) is 2.96. The van der Waals surface area contributed by atoms with E-state index in [2.05, 4.69) is 10.6 Å². The van der Waals surface area contributed by atoms with Crippen LogP contribution in [0, 0.1) is 5.92 Å². The molecule has 3 N–H and O–H groups in total. The molecule has 1 atom stereocenters. The van der Waals surface area contributed by atoms with Crippen LogP contribution >= 0.6 is 0 Å². The third-order valence-corrected chi connectivity index (χ3v) is 2.96. The summed E-state index contributed by atoms with van der Waals surface area (Å²) in [5.74, 6) is -0.590. The number of para-hydroxylation sites is 2. The van der Waals surface area contributed by atoms with Crippen molar-refractivity contribution in [3.63, 3.8) is 0 Å². The van der Waals surface area contributed by atoms with Crippen LogP contribution in [-0.4, -0.2) is 30.3 Å². The molecule has 21 heavy (non-hydrogen) atoms. The molecule has 0 aliphatic rings. The molecule has 0 saturated carbocycles. The minimum absolute atomic E-state index is 0.329. The Bertz CT molecular complexity index is 476. The molecule has 0 spiro atoms. The van der Waals surface area contributed by atoms with Gasteiger partial charge in [0.05, 0.1) is 18.2 Å². The molecular weight excluding hydrogens is 272 g/mol. The highest BCUT2D eigenvalue weighted by atomic mass is 16.5. The number of carboxylic acids is 1. The van der Waals surface area contributed by atoms with Crippen LogP contribution in [-0.2, 0) is 4.79 Å². The predicted molar refractivity (Wildman–Crippen MR) is 80.7 cm³/mol. The molecule has 1 aromatic rings. The van der Waals surface area contributed by atoms with E-state index in [4.69, 9.17) is 9.84 Å². The Hall–Kier alpha value is -2.24. The summed E-state index contributed by atoms with van der Waals surface area (Å²) in [5.41, 5.74) is 0.607. The normalized spacial score (nSPS) is 11.5. The highest BCUT2D eigenvalue weighted by Crippen LogP contribution is 2.23. The molecular formula is C15H22N2O4. The van der Waals surface area contributed by atoms with E-state index >= 15 is 0 Å². The number of anilines is 1. The quantitative estimate of drug-likeness (QED) is 0.643. The van der Waals surface area contributed by atoms with Crippen molar-refractivity contribution in [3.05, 3.63) is 24.3 Å². The van der Waals surface area contributed by atoms with Crippen LogP contribution in [0.1, 0.15) is 26.7 Å². The summed E-state index contributed by atoms with van der Waals surface area (Å²) in [7, 11) is 0. The van der Waals surface area contributed by atoms with Gasteiger partial charge < -0.3 is 20.5 Å². The zero-order valence-corrected chi connectivity index (χ0v) is 12.4. The zero-order valence-electron chi connectivity index (χ0n) is 12.4. The minimum atomic E-state index is -0.815. The van der Waals surface area contributed by atoms with Crippen molar-refractivity contribution in [2.24, 2.45) is 5.92 Å². The third kappa shape index (κ3) is 6.16. The molecule has 1 unspecified atom stereocenters. The number of ether oxygens (including phenoxy) is 1. The van der Waals surface area contributed by atoms with E-state index < -0.39 is 11.9 Å². The molecule has 1 rings (SSSR count). The minimum Gasteiger partial charge on any atom is -0.492 e. The maximum atomic E-state index is 11.8. The molecule has 0 aromatic heterocycles. The van der Waals surface area contributed by atoms with Gasteiger partial charge in [-0.15, -0.1) is 0 Å². The first-order valence-corrected chi connectivity index (χ1v) is 7.04. The van der Waals surface area contributed by atoms with Crippen molar-refractivity contribution in [1.29, 1.82) is 0 Å². The first kappa shape index (κ1) is 16.8. The van der Waals surface area contributed by atoms with Crippen molar-refractivity contribution in [2.45, 2.75) is 26.7 Å². The fourth-order valence-electron chi connectivity index (χ4n) is 1.75. The summed E-state index contributed by atoms with van der Waals surface area (Å²) >= 11 is 0.